The maximum atomic E-state index is 12.8. The van der Waals surface area contributed by atoms with Gasteiger partial charge in [-0.05, 0) is 31.5 Å². The van der Waals surface area contributed by atoms with Crippen LogP contribution >= 0.6 is 11.3 Å². The molecule has 3 aromatic rings. The smallest absolute Gasteiger partial charge is 0.266 e. The van der Waals surface area contributed by atoms with Gasteiger partial charge in [0.25, 0.3) is 5.91 Å². The molecule has 0 spiro atoms. The number of fused-ring (bicyclic) bond motifs is 1. The second-order valence-electron chi connectivity index (χ2n) is 6.63. The van der Waals surface area contributed by atoms with E-state index in [9.17, 15) is 13.2 Å². The van der Waals surface area contributed by atoms with E-state index >= 15 is 0 Å². The van der Waals surface area contributed by atoms with Crippen molar-refractivity contribution >= 4 is 43.0 Å². The summed E-state index contributed by atoms with van der Waals surface area (Å²) in [6.07, 6.45) is 0. The molecule has 1 aromatic carbocycles. The maximum Gasteiger partial charge on any atom is 0.266 e. The third-order valence-electron chi connectivity index (χ3n) is 4.98. The second-order valence-corrected chi connectivity index (χ2v) is 9.85. The molecule has 1 fully saturated rings. The van der Waals surface area contributed by atoms with Gasteiger partial charge in [-0.1, -0.05) is 18.2 Å². The average molecular weight is 403 g/mol. The van der Waals surface area contributed by atoms with Crippen molar-refractivity contribution in [1.82, 2.24) is 15.1 Å². The summed E-state index contributed by atoms with van der Waals surface area (Å²) < 4.78 is 25.3. The summed E-state index contributed by atoms with van der Waals surface area (Å²) in [5, 5.41) is 8.36. The van der Waals surface area contributed by atoms with E-state index in [4.69, 9.17) is 5.73 Å². The normalized spacial score (nSPS) is 15.1. The molecule has 27 heavy (non-hydrogen) atoms. The van der Waals surface area contributed by atoms with Gasteiger partial charge in [0.2, 0.25) is 0 Å². The first-order valence-corrected chi connectivity index (χ1v) is 10.8. The van der Waals surface area contributed by atoms with Gasteiger partial charge in [-0.3, -0.25) is 4.79 Å². The Morgan fingerprint density at radius 1 is 1.19 bits per heavy atom. The largest absolute Gasteiger partial charge is 0.397 e. The van der Waals surface area contributed by atoms with Crippen molar-refractivity contribution in [1.29, 1.82) is 0 Å². The maximum absolute atomic E-state index is 12.8. The number of aromatic nitrogens is 2. The van der Waals surface area contributed by atoms with E-state index in [0.717, 1.165) is 16.6 Å². The molecule has 0 aliphatic carbocycles. The SMILES string of the molecule is Cc1nnc2sc(C(=O)N3CC(S(=O)(=O)c4ccccc4)C3)c(N)c2c1C. The highest BCUT2D eigenvalue weighted by atomic mass is 32.2. The van der Waals surface area contributed by atoms with Gasteiger partial charge in [-0.25, -0.2) is 8.42 Å². The Hall–Kier alpha value is -2.52. The van der Waals surface area contributed by atoms with Crippen LogP contribution in [-0.2, 0) is 9.84 Å². The number of likely N-dealkylation sites (tertiary alicyclic amines) is 1. The lowest BCUT2D eigenvalue weighted by Gasteiger charge is -2.38. The highest BCUT2D eigenvalue weighted by molar-refractivity contribution is 7.92. The summed E-state index contributed by atoms with van der Waals surface area (Å²) in [4.78, 5) is 15.6. The van der Waals surface area contributed by atoms with Crippen LogP contribution in [0.15, 0.2) is 35.2 Å². The van der Waals surface area contributed by atoms with Gasteiger partial charge in [0.05, 0.1) is 16.3 Å². The van der Waals surface area contributed by atoms with Gasteiger partial charge < -0.3 is 10.6 Å². The van der Waals surface area contributed by atoms with Crippen LogP contribution in [0.3, 0.4) is 0 Å². The zero-order valence-electron chi connectivity index (χ0n) is 14.8. The van der Waals surface area contributed by atoms with Crippen molar-refractivity contribution < 1.29 is 13.2 Å². The fourth-order valence-corrected chi connectivity index (χ4v) is 5.89. The van der Waals surface area contributed by atoms with Crippen molar-refractivity contribution in [2.75, 3.05) is 18.8 Å². The molecule has 0 unspecified atom stereocenters. The Labute approximate surface area is 160 Å². The number of carbonyl (C=O) groups is 1. The summed E-state index contributed by atoms with van der Waals surface area (Å²) in [5.74, 6) is -0.257. The lowest BCUT2D eigenvalue weighted by Crippen LogP contribution is -2.56. The molecular formula is C18H18N4O3S2. The predicted molar refractivity (Wildman–Crippen MR) is 105 cm³/mol. The molecule has 0 saturated carbocycles. The molecule has 1 aliphatic rings. The number of carbonyl (C=O) groups excluding carboxylic acids is 1. The van der Waals surface area contributed by atoms with Crippen LogP contribution in [0, 0.1) is 13.8 Å². The number of anilines is 1. The molecule has 140 valence electrons. The van der Waals surface area contributed by atoms with E-state index < -0.39 is 15.1 Å². The minimum atomic E-state index is -3.44. The number of hydrogen-bond donors (Lipinski definition) is 1. The van der Waals surface area contributed by atoms with Crippen LogP contribution in [0.2, 0.25) is 0 Å². The second kappa shape index (κ2) is 6.28. The number of sulfone groups is 1. The van der Waals surface area contributed by atoms with Crippen LogP contribution in [0.5, 0.6) is 0 Å². The van der Waals surface area contributed by atoms with Gasteiger partial charge in [-0.2, -0.15) is 5.10 Å². The zero-order chi connectivity index (χ0) is 19.3. The Morgan fingerprint density at radius 2 is 1.85 bits per heavy atom. The Bertz CT molecular complexity index is 1150. The van der Waals surface area contributed by atoms with Gasteiger partial charge in [0, 0.05) is 18.5 Å². The van der Waals surface area contributed by atoms with Crippen LogP contribution in [0.25, 0.3) is 10.2 Å². The zero-order valence-corrected chi connectivity index (χ0v) is 16.5. The highest BCUT2D eigenvalue weighted by Crippen LogP contribution is 2.36. The monoisotopic (exact) mass is 402 g/mol. The van der Waals surface area contributed by atoms with Crippen LogP contribution < -0.4 is 5.73 Å². The molecule has 1 amide bonds. The first-order valence-electron chi connectivity index (χ1n) is 8.40. The molecule has 2 aromatic heterocycles. The fourth-order valence-electron chi connectivity index (χ4n) is 3.15. The van der Waals surface area contributed by atoms with E-state index in [0.29, 0.717) is 15.4 Å². The van der Waals surface area contributed by atoms with Gasteiger partial charge in [0.1, 0.15) is 15.0 Å². The first-order chi connectivity index (χ1) is 12.8. The molecular weight excluding hydrogens is 384 g/mol. The van der Waals surface area contributed by atoms with Crippen LogP contribution in [-0.4, -0.2) is 47.8 Å². The average Bonchev–Trinajstić information content (AvgIpc) is 2.95. The van der Waals surface area contributed by atoms with E-state index in [-0.39, 0.29) is 23.9 Å². The van der Waals surface area contributed by atoms with Crippen molar-refractivity contribution in [2.24, 2.45) is 0 Å². The van der Waals surface area contributed by atoms with Gasteiger partial charge in [-0.15, -0.1) is 16.4 Å². The van der Waals surface area contributed by atoms with Crippen molar-refractivity contribution in [2.45, 2.75) is 24.0 Å². The standard InChI is InChI=1S/C18H18N4O3S2/c1-10-11(2)20-21-17-14(10)15(19)16(26-17)18(23)22-8-13(9-22)27(24,25)12-6-4-3-5-7-12/h3-7,13H,8-9,19H2,1-2H3. The van der Waals surface area contributed by atoms with E-state index in [1.807, 2.05) is 13.8 Å². The highest BCUT2D eigenvalue weighted by Gasteiger charge is 2.41. The molecule has 1 aliphatic heterocycles. The Kier molecular flexibility index (Phi) is 4.15. The fraction of sp³-hybridized carbons (Fsp3) is 0.278. The number of thiophene rings is 1. The molecule has 0 radical (unpaired) electrons. The number of nitrogens with two attached hydrogens (primary N) is 1. The summed E-state index contributed by atoms with van der Waals surface area (Å²) in [6.45, 7) is 4.06. The van der Waals surface area contributed by atoms with E-state index in [2.05, 4.69) is 10.2 Å². The lowest BCUT2D eigenvalue weighted by molar-refractivity contribution is 0.0665. The molecule has 3 heterocycles. The van der Waals surface area contributed by atoms with E-state index in [1.54, 1.807) is 30.3 Å². The number of hydrogen-bond acceptors (Lipinski definition) is 7. The first kappa shape index (κ1) is 17.9. The molecule has 9 heteroatoms. The quantitative estimate of drug-likeness (QED) is 0.720. The molecule has 0 bridgehead atoms. The lowest BCUT2D eigenvalue weighted by atomic mass is 10.1. The van der Waals surface area contributed by atoms with Crippen molar-refractivity contribution in [3.8, 4) is 0 Å². The number of benzene rings is 1. The number of amides is 1. The number of nitrogen functional groups attached to an aromatic ring is 1. The third-order valence-corrected chi connectivity index (χ3v) is 8.16. The minimum absolute atomic E-state index is 0.160. The van der Waals surface area contributed by atoms with Gasteiger partial charge >= 0.3 is 0 Å². The summed E-state index contributed by atoms with van der Waals surface area (Å²) in [5.41, 5.74) is 8.28. The topological polar surface area (TPSA) is 106 Å². The van der Waals surface area contributed by atoms with Crippen LogP contribution in [0.4, 0.5) is 5.69 Å². The Morgan fingerprint density at radius 3 is 2.52 bits per heavy atom. The van der Waals surface area contributed by atoms with Crippen molar-refractivity contribution in [3.63, 3.8) is 0 Å². The molecule has 7 nitrogen and oxygen atoms in total. The van der Waals surface area contributed by atoms with Crippen molar-refractivity contribution in [3.05, 3.63) is 46.5 Å². The van der Waals surface area contributed by atoms with E-state index in [1.165, 1.54) is 16.2 Å². The van der Waals surface area contributed by atoms with Gasteiger partial charge in [0.15, 0.2) is 9.84 Å². The molecule has 0 atom stereocenters. The summed E-state index contributed by atoms with van der Waals surface area (Å²) >= 11 is 1.20. The number of nitrogens with zero attached hydrogens (tertiary/aromatic N) is 3. The summed E-state index contributed by atoms with van der Waals surface area (Å²) in [7, 11) is -3.44. The number of aryl methyl sites for hydroxylation is 2. The molecule has 1 saturated heterocycles. The predicted octanol–water partition coefficient (Wildman–Crippen LogP) is 2.19. The van der Waals surface area contributed by atoms with Crippen LogP contribution in [0.1, 0.15) is 20.9 Å². The number of rotatable bonds is 3. The molecule has 4 rings (SSSR count). The third kappa shape index (κ3) is 2.78. The Balaban J connectivity index is 1.57. The summed E-state index contributed by atoms with van der Waals surface area (Å²) in [6, 6.07) is 8.31. The molecule has 2 N–H and O–H groups in total. The minimum Gasteiger partial charge on any atom is -0.397 e.